The molecule has 2 aromatic rings. The minimum absolute atomic E-state index is 0.0261. The number of aromatic nitrogens is 2. The molecule has 0 aliphatic carbocycles. The molecule has 0 spiro atoms. The number of hydrogen-bond acceptors (Lipinski definition) is 2. The van der Waals surface area contributed by atoms with Gasteiger partial charge in [-0.15, -0.1) is 0 Å². The lowest BCUT2D eigenvalue weighted by molar-refractivity contribution is 0.102. The van der Waals surface area contributed by atoms with Crippen molar-refractivity contribution in [2.24, 2.45) is 0 Å². The van der Waals surface area contributed by atoms with E-state index < -0.39 is 0 Å². The Labute approximate surface area is 127 Å². The predicted octanol–water partition coefficient (Wildman–Crippen LogP) is 4.03. The Morgan fingerprint density at radius 2 is 2.00 bits per heavy atom. The van der Waals surface area contributed by atoms with Crippen LogP contribution in [0, 0.1) is 6.92 Å². The zero-order valence-corrected chi connectivity index (χ0v) is 13.6. The summed E-state index contributed by atoms with van der Waals surface area (Å²) in [4.78, 5) is 12.3. The van der Waals surface area contributed by atoms with Crippen molar-refractivity contribution in [1.82, 2.24) is 10.2 Å². The average molecular weight is 336 g/mol. The molecule has 0 fully saturated rings. The van der Waals surface area contributed by atoms with Crippen LogP contribution in [0.15, 0.2) is 28.7 Å². The van der Waals surface area contributed by atoms with Crippen LogP contribution in [0.3, 0.4) is 0 Å². The van der Waals surface area contributed by atoms with Crippen LogP contribution in [0.4, 0.5) is 5.82 Å². The molecule has 0 atom stereocenters. The van der Waals surface area contributed by atoms with E-state index in [0.29, 0.717) is 11.4 Å². The lowest BCUT2D eigenvalue weighted by atomic mass is 9.92. The first-order valence-electron chi connectivity index (χ1n) is 6.41. The highest BCUT2D eigenvalue weighted by molar-refractivity contribution is 9.10. The molecule has 20 heavy (non-hydrogen) atoms. The Hall–Kier alpha value is -1.62. The molecule has 0 unspecified atom stereocenters. The largest absolute Gasteiger partial charge is 0.305 e. The zero-order valence-electron chi connectivity index (χ0n) is 12.0. The van der Waals surface area contributed by atoms with Crippen molar-refractivity contribution in [1.29, 1.82) is 0 Å². The molecule has 4 nitrogen and oxygen atoms in total. The molecule has 1 aromatic carbocycles. The summed E-state index contributed by atoms with van der Waals surface area (Å²) in [6, 6.07) is 7.50. The van der Waals surface area contributed by atoms with Gasteiger partial charge in [0.2, 0.25) is 0 Å². The van der Waals surface area contributed by atoms with E-state index in [1.165, 1.54) is 0 Å². The highest BCUT2D eigenvalue weighted by Crippen LogP contribution is 2.23. The smallest absolute Gasteiger partial charge is 0.257 e. The maximum Gasteiger partial charge on any atom is 0.257 e. The van der Waals surface area contributed by atoms with Gasteiger partial charge in [0.1, 0.15) is 0 Å². The van der Waals surface area contributed by atoms with Gasteiger partial charge in [0, 0.05) is 27.2 Å². The van der Waals surface area contributed by atoms with Crippen molar-refractivity contribution in [2.45, 2.75) is 33.1 Å². The van der Waals surface area contributed by atoms with E-state index in [9.17, 15) is 4.79 Å². The molecule has 1 amide bonds. The summed E-state index contributed by atoms with van der Waals surface area (Å²) >= 11 is 3.38. The number of amides is 1. The van der Waals surface area contributed by atoms with Gasteiger partial charge in [0.05, 0.1) is 0 Å². The maximum absolute atomic E-state index is 12.3. The molecule has 0 bridgehead atoms. The topological polar surface area (TPSA) is 57.8 Å². The Kier molecular flexibility index (Phi) is 3.99. The molecular formula is C15H18BrN3O. The Bertz CT molecular complexity index is 641. The third-order valence-corrected chi connectivity index (χ3v) is 3.56. The number of anilines is 1. The van der Waals surface area contributed by atoms with Crippen LogP contribution in [0.2, 0.25) is 0 Å². The number of benzene rings is 1. The number of H-pyrrole nitrogens is 1. The molecule has 2 N–H and O–H groups in total. The Morgan fingerprint density at radius 1 is 1.30 bits per heavy atom. The van der Waals surface area contributed by atoms with Gasteiger partial charge in [-0.3, -0.25) is 9.89 Å². The summed E-state index contributed by atoms with van der Waals surface area (Å²) < 4.78 is 0.880. The molecule has 2 rings (SSSR count). The standard InChI is InChI=1S/C15H18BrN3O/c1-9-5-6-10(16)7-11(9)14(20)17-13-8-12(18-19-13)15(2,3)4/h5-8H,1-4H3,(H2,17,18,19,20). The second-order valence-electron chi connectivity index (χ2n) is 5.83. The number of hydrogen-bond donors (Lipinski definition) is 2. The highest BCUT2D eigenvalue weighted by atomic mass is 79.9. The first kappa shape index (κ1) is 14.8. The van der Waals surface area contributed by atoms with Crippen LogP contribution in [-0.4, -0.2) is 16.1 Å². The maximum atomic E-state index is 12.3. The SMILES string of the molecule is Cc1ccc(Br)cc1C(=O)Nc1cc(C(C)(C)C)[nH]n1. The minimum atomic E-state index is -0.157. The Morgan fingerprint density at radius 3 is 2.60 bits per heavy atom. The second-order valence-corrected chi connectivity index (χ2v) is 6.75. The monoisotopic (exact) mass is 335 g/mol. The van der Waals surface area contributed by atoms with Crippen LogP contribution >= 0.6 is 15.9 Å². The Balaban J connectivity index is 2.20. The van der Waals surface area contributed by atoms with Crippen molar-refractivity contribution in [3.63, 3.8) is 0 Å². The van der Waals surface area contributed by atoms with Gasteiger partial charge in [0.25, 0.3) is 5.91 Å². The van der Waals surface area contributed by atoms with Crippen molar-refractivity contribution in [3.8, 4) is 0 Å². The number of aryl methyl sites for hydroxylation is 1. The number of rotatable bonds is 2. The average Bonchev–Trinajstić information content (AvgIpc) is 2.80. The number of carbonyl (C=O) groups is 1. The molecule has 0 saturated carbocycles. The van der Waals surface area contributed by atoms with E-state index in [-0.39, 0.29) is 11.3 Å². The first-order valence-corrected chi connectivity index (χ1v) is 7.20. The van der Waals surface area contributed by atoms with Crippen LogP contribution < -0.4 is 5.32 Å². The number of halogens is 1. The van der Waals surface area contributed by atoms with E-state index in [1.807, 2.05) is 31.2 Å². The molecular weight excluding hydrogens is 318 g/mol. The molecule has 0 radical (unpaired) electrons. The summed E-state index contributed by atoms with van der Waals surface area (Å²) in [7, 11) is 0. The van der Waals surface area contributed by atoms with Gasteiger partial charge in [-0.05, 0) is 24.6 Å². The van der Waals surface area contributed by atoms with E-state index in [0.717, 1.165) is 15.7 Å². The summed E-state index contributed by atoms with van der Waals surface area (Å²) in [5.41, 5.74) is 2.53. The van der Waals surface area contributed by atoms with Gasteiger partial charge < -0.3 is 5.32 Å². The van der Waals surface area contributed by atoms with Gasteiger partial charge in [0.15, 0.2) is 5.82 Å². The molecule has 1 aromatic heterocycles. The number of carbonyl (C=O) groups excluding carboxylic acids is 1. The molecule has 1 heterocycles. The number of nitrogens with zero attached hydrogens (tertiary/aromatic N) is 1. The van der Waals surface area contributed by atoms with Gasteiger partial charge >= 0.3 is 0 Å². The van der Waals surface area contributed by atoms with Crippen LogP contribution in [0.1, 0.15) is 42.4 Å². The van der Waals surface area contributed by atoms with Crippen LogP contribution in [0.5, 0.6) is 0 Å². The van der Waals surface area contributed by atoms with E-state index in [1.54, 1.807) is 0 Å². The third-order valence-electron chi connectivity index (χ3n) is 3.07. The molecule has 0 aliphatic heterocycles. The van der Waals surface area contributed by atoms with Crippen LogP contribution in [0.25, 0.3) is 0 Å². The summed E-state index contributed by atoms with van der Waals surface area (Å²) in [6.45, 7) is 8.17. The third kappa shape index (κ3) is 3.28. The lowest BCUT2D eigenvalue weighted by Gasteiger charge is -2.14. The van der Waals surface area contributed by atoms with Crippen molar-refractivity contribution >= 4 is 27.7 Å². The quantitative estimate of drug-likeness (QED) is 0.870. The van der Waals surface area contributed by atoms with Gasteiger partial charge in [-0.2, -0.15) is 5.10 Å². The van der Waals surface area contributed by atoms with Crippen molar-refractivity contribution in [2.75, 3.05) is 5.32 Å². The van der Waals surface area contributed by atoms with Crippen molar-refractivity contribution < 1.29 is 4.79 Å². The molecule has 5 heteroatoms. The first-order chi connectivity index (χ1) is 9.27. The van der Waals surface area contributed by atoms with E-state index >= 15 is 0 Å². The molecule has 0 saturated heterocycles. The predicted molar refractivity (Wildman–Crippen MR) is 84.1 cm³/mol. The van der Waals surface area contributed by atoms with Gasteiger partial charge in [-0.1, -0.05) is 42.8 Å². The summed E-state index contributed by atoms with van der Waals surface area (Å²) in [6.07, 6.45) is 0. The van der Waals surface area contributed by atoms with Crippen molar-refractivity contribution in [3.05, 3.63) is 45.6 Å². The summed E-state index contributed by atoms with van der Waals surface area (Å²) in [5.74, 6) is 0.384. The molecule has 106 valence electrons. The number of nitrogens with one attached hydrogen (secondary N) is 2. The second kappa shape index (κ2) is 5.40. The fourth-order valence-electron chi connectivity index (χ4n) is 1.79. The van der Waals surface area contributed by atoms with Crippen LogP contribution in [-0.2, 0) is 5.41 Å². The highest BCUT2D eigenvalue weighted by Gasteiger charge is 2.18. The van der Waals surface area contributed by atoms with E-state index in [4.69, 9.17) is 0 Å². The minimum Gasteiger partial charge on any atom is -0.305 e. The number of aromatic amines is 1. The normalized spacial score (nSPS) is 11.4. The zero-order chi connectivity index (χ0) is 14.9. The lowest BCUT2D eigenvalue weighted by Crippen LogP contribution is -2.14. The molecule has 0 aliphatic rings. The summed E-state index contributed by atoms with van der Waals surface area (Å²) in [5, 5.41) is 9.90. The van der Waals surface area contributed by atoms with E-state index in [2.05, 4.69) is 52.2 Å². The fraction of sp³-hybridized carbons (Fsp3) is 0.333. The fourth-order valence-corrected chi connectivity index (χ4v) is 2.15. The van der Waals surface area contributed by atoms with Gasteiger partial charge in [-0.25, -0.2) is 0 Å².